The SMILES string of the molecule is O=C(CC(=O)NC1CCS(=O)(=O)C1)Nc1ccccc1Cl. The Kier molecular flexibility index (Phi) is 4.84. The molecule has 1 heterocycles. The average Bonchev–Trinajstić information content (AvgIpc) is 2.71. The molecule has 0 bridgehead atoms. The van der Waals surface area contributed by atoms with Crippen LogP contribution in [0.15, 0.2) is 24.3 Å². The van der Waals surface area contributed by atoms with Crippen LogP contribution in [-0.4, -0.2) is 37.8 Å². The molecule has 0 radical (unpaired) electrons. The smallest absolute Gasteiger partial charge is 0.233 e. The van der Waals surface area contributed by atoms with Crippen molar-refractivity contribution < 1.29 is 18.0 Å². The second kappa shape index (κ2) is 6.44. The molecule has 2 N–H and O–H groups in total. The lowest BCUT2D eigenvalue weighted by molar-refractivity contribution is -0.127. The molecular formula is C13H15ClN2O4S. The number of nitrogens with one attached hydrogen (secondary N) is 2. The van der Waals surface area contributed by atoms with E-state index in [-0.39, 0.29) is 17.9 Å². The van der Waals surface area contributed by atoms with Gasteiger partial charge in [0.1, 0.15) is 6.42 Å². The van der Waals surface area contributed by atoms with Crippen LogP contribution < -0.4 is 10.6 Å². The molecule has 1 aliphatic rings. The predicted octanol–water partition coefficient (Wildman–Crippen LogP) is 0.972. The van der Waals surface area contributed by atoms with Crippen molar-refractivity contribution in [1.29, 1.82) is 0 Å². The van der Waals surface area contributed by atoms with Crippen LogP contribution in [0.2, 0.25) is 5.02 Å². The Bertz CT molecular complexity index is 660. The maximum absolute atomic E-state index is 11.7. The summed E-state index contributed by atoms with van der Waals surface area (Å²) in [5.74, 6) is -0.989. The summed E-state index contributed by atoms with van der Waals surface area (Å²) in [6.07, 6.45) is 0.0158. The van der Waals surface area contributed by atoms with Gasteiger partial charge in [-0.05, 0) is 18.6 Å². The van der Waals surface area contributed by atoms with Crippen LogP contribution in [0.4, 0.5) is 5.69 Å². The average molecular weight is 331 g/mol. The predicted molar refractivity (Wildman–Crippen MR) is 79.9 cm³/mol. The second-order valence-electron chi connectivity index (χ2n) is 4.87. The Morgan fingerprint density at radius 2 is 1.95 bits per heavy atom. The fourth-order valence-electron chi connectivity index (χ4n) is 2.09. The van der Waals surface area contributed by atoms with Crippen molar-refractivity contribution in [1.82, 2.24) is 5.32 Å². The standard InChI is InChI=1S/C13H15ClN2O4S/c14-10-3-1-2-4-11(10)16-13(18)7-12(17)15-9-5-6-21(19,20)8-9/h1-4,9H,5-8H2,(H,15,17)(H,16,18). The maximum atomic E-state index is 11.7. The van der Waals surface area contributed by atoms with Gasteiger partial charge in [0.2, 0.25) is 11.8 Å². The summed E-state index contributed by atoms with van der Waals surface area (Å²) in [5, 5.41) is 5.47. The first kappa shape index (κ1) is 15.8. The number of para-hydroxylation sites is 1. The minimum atomic E-state index is -3.06. The number of benzene rings is 1. The van der Waals surface area contributed by atoms with Crippen LogP contribution in [0.5, 0.6) is 0 Å². The molecule has 0 aromatic heterocycles. The molecule has 2 amide bonds. The minimum Gasteiger partial charge on any atom is -0.352 e. The molecule has 114 valence electrons. The highest BCUT2D eigenvalue weighted by molar-refractivity contribution is 7.91. The number of sulfone groups is 1. The minimum absolute atomic E-state index is 0.0646. The Balaban J connectivity index is 1.83. The molecule has 1 aromatic carbocycles. The molecular weight excluding hydrogens is 316 g/mol. The quantitative estimate of drug-likeness (QED) is 0.805. The molecule has 1 atom stereocenters. The zero-order valence-corrected chi connectivity index (χ0v) is 12.7. The lowest BCUT2D eigenvalue weighted by Crippen LogP contribution is -2.37. The largest absolute Gasteiger partial charge is 0.352 e. The highest BCUT2D eigenvalue weighted by atomic mass is 35.5. The summed E-state index contributed by atoms with van der Waals surface area (Å²) in [5.41, 5.74) is 0.431. The molecule has 1 aliphatic heterocycles. The van der Waals surface area contributed by atoms with Gasteiger partial charge in [0.15, 0.2) is 9.84 Å². The van der Waals surface area contributed by atoms with Crippen molar-refractivity contribution in [2.45, 2.75) is 18.9 Å². The second-order valence-corrected chi connectivity index (χ2v) is 7.51. The topological polar surface area (TPSA) is 92.3 Å². The molecule has 1 unspecified atom stereocenters. The van der Waals surface area contributed by atoms with E-state index in [2.05, 4.69) is 10.6 Å². The monoisotopic (exact) mass is 330 g/mol. The van der Waals surface area contributed by atoms with Crippen LogP contribution in [0.25, 0.3) is 0 Å². The first-order valence-corrected chi connectivity index (χ1v) is 8.60. The van der Waals surface area contributed by atoms with Gasteiger partial charge in [-0.25, -0.2) is 8.42 Å². The van der Waals surface area contributed by atoms with Crippen LogP contribution in [0.1, 0.15) is 12.8 Å². The van der Waals surface area contributed by atoms with E-state index in [1.165, 1.54) is 0 Å². The van der Waals surface area contributed by atoms with E-state index in [4.69, 9.17) is 11.6 Å². The Labute approximate surface area is 127 Å². The van der Waals surface area contributed by atoms with Crippen molar-refractivity contribution in [3.8, 4) is 0 Å². The number of rotatable bonds is 4. The lowest BCUT2D eigenvalue weighted by Gasteiger charge is -2.11. The van der Waals surface area contributed by atoms with E-state index in [0.29, 0.717) is 17.1 Å². The van der Waals surface area contributed by atoms with Gasteiger partial charge in [0.05, 0.1) is 22.2 Å². The van der Waals surface area contributed by atoms with E-state index < -0.39 is 27.7 Å². The molecule has 1 fully saturated rings. The number of anilines is 1. The molecule has 0 saturated carbocycles. The third-order valence-corrected chi connectivity index (χ3v) is 5.16. The lowest BCUT2D eigenvalue weighted by atomic mass is 10.2. The van der Waals surface area contributed by atoms with E-state index in [0.717, 1.165) is 0 Å². The summed E-state index contributed by atoms with van der Waals surface area (Å²) < 4.78 is 22.6. The zero-order valence-electron chi connectivity index (χ0n) is 11.1. The van der Waals surface area contributed by atoms with Gasteiger partial charge in [0, 0.05) is 6.04 Å². The van der Waals surface area contributed by atoms with Crippen molar-refractivity contribution in [3.63, 3.8) is 0 Å². The molecule has 21 heavy (non-hydrogen) atoms. The van der Waals surface area contributed by atoms with E-state index in [1.807, 2.05) is 0 Å². The number of carbonyl (C=O) groups excluding carboxylic acids is 2. The van der Waals surface area contributed by atoms with Crippen molar-refractivity contribution >= 4 is 38.9 Å². The zero-order chi connectivity index (χ0) is 15.5. The van der Waals surface area contributed by atoms with Gasteiger partial charge in [-0.15, -0.1) is 0 Å². The highest BCUT2D eigenvalue weighted by Gasteiger charge is 2.29. The summed E-state index contributed by atoms with van der Waals surface area (Å²) in [6.45, 7) is 0. The van der Waals surface area contributed by atoms with Crippen LogP contribution >= 0.6 is 11.6 Å². The molecule has 8 heteroatoms. The molecule has 2 rings (SSSR count). The van der Waals surface area contributed by atoms with E-state index >= 15 is 0 Å². The van der Waals surface area contributed by atoms with Crippen molar-refractivity contribution in [3.05, 3.63) is 29.3 Å². The summed E-state index contributed by atoms with van der Waals surface area (Å²) in [6, 6.07) is 6.29. The summed E-state index contributed by atoms with van der Waals surface area (Å²) in [4.78, 5) is 23.4. The van der Waals surface area contributed by atoms with Crippen molar-refractivity contribution in [2.24, 2.45) is 0 Å². The Hall–Kier alpha value is -1.60. The third kappa shape index (κ3) is 4.71. The van der Waals surface area contributed by atoms with Gasteiger partial charge in [-0.1, -0.05) is 23.7 Å². The fraction of sp³-hybridized carbons (Fsp3) is 0.385. The van der Waals surface area contributed by atoms with Crippen LogP contribution in [-0.2, 0) is 19.4 Å². The van der Waals surface area contributed by atoms with Gasteiger partial charge in [-0.2, -0.15) is 0 Å². The molecule has 0 spiro atoms. The van der Waals surface area contributed by atoms with Crippen molar-refractivity contribution in [2.75, 3.05) is 16.8 Å². The normalized spacial score (nSPS) is 20.0. The number of amides is 2. The van der Waals surface area contributed by atoms with Gasteiger partial charge in [-0.3, -0.25) is 9.59 Å². The van der Waals surface area contributed by atoms with Gasteiger partial charge in [0.25, 0.3) is 0 Å². The number of hydrogen-bond donors (Lipinski definition) is 2. The number of hydrogen-bond acceptors (Lipinski definition) is 4. The fourth-order valence-corrected chi connectivity index (χ4v) is 3.95. The van der Waals surface area contributed by atoms with Crippen LogP contribution in [0, 0.1) is 0 Å². The molecule has 0 aliphatic carbocycles. The van der Waals surface area contributed by atoms with E-state index in [9.17, 15) is 18.0 Å². The molecule has 1 saturated heterocycles. The molecule has 6 nitrogen and oxygen atoms in total. The van der Waals surface area contributed by atoms with Gasteiger partial charge >= 0.3 is 0 Å². The third-order valence-electron chi connectivity index (χ3n) is 3.07. The Morgan fingerprint density at radius 1 is 1.24 bits per heavy atom. The summed E-state index contributed by atoms with van der Waals surface area (Å²) in [7, 11) is -3.06. The van der Waals surface area contributed by atoms with Gasteiger partial charge < -0.3 is 10.6 Å². The van der Waals surface area contributed by atoms with Crippen LogP contribution in [0.3, 0.4) is 0 Å². The Morgan fingerprint density at radius 3 is 2.57 bits per heavy atom. The first-order valence-electron chi connectivity index (χ1n) is 6.40. The summed E-state index contributed by atoms with van der Waals surface area (Å²) >= 11 is 5.89. The molecule has 1 aromatic rings. The number of carbonyl (C=O) groups is 2. The first-order chi connectivity index (χ1) is 9.85. The number of halogens is 1. The maximum Gasteiger partial charge on any atom is 0.233 e. The highest BCUT2D eigenvalue weighted by Crippen LogP contribution is 2.20. The van der Waals surface area contributed by atoms with E-state index in [1.54, 1.807) is 24.3 Å².